The summed E-state index contributed by atoms with van der Waals surface area (Å²) in [7, 11) is -3.50. The minimum Gasteiger partial charge on any atom is -0.471 e. The first-order chi connectivity index (χ1) is 12.4. The van der Waals surface area contributed by atoms with Gasteiger partial charge in [0.1, 0.15) is 5.56 Å². The van der Waals surface area contributed by atoms with Gasteiger partial charge in [-0.15, -0.1) is 0 Å². The Balaban J connectivity index is 1.90. The average Bonchev–Trinajstić information content (AvgIpc) is 2.76. The van der Waals surface area contributed by atoms with E-state index in [0.717, 1.165) is 0 Å². The lowest BCUT2D eigenvalue weighted by Gasteiger charge is -2.21. The number of amides is 1. The van der Waals surface area contributed by atoms with Gasteiger partial charge < -0.3 is 9.64 Å². The molecule has 1 amide bonds. The van der Waals surface area contributed by atoms with Crippen LogP contribution in [0.3, 0.4) is 0 Å². The predicted molar refractivity (Wildman–Crippen MR) is 89.0 cm³/mol. The topological polar surface area (TPSA) is 76.6 Å². The minimum absolute atomic E-state index is 0.0149. The Morgan fingerprint density at radius 1 is 1.23 bits per heavy atom. The summed E-state index contributed by atoms with van der Waals surface area (Å²) in [4.78, 5) is 18.3. The molecule has 0 spiro atoms. The summed E-state index contributed by atoms with van der Waals surface area (Å²) in [6, 6.07) is 9.40. The number of sulfone groups is 1. The summed E-state index contributed by atoms with van der Waals surface area (Å²) in [5.74, 6) is -0.934. The van der Waals surface area contributed by atoms with E-state index in [2.05, 4.69) is 4.98 Å². The number of aromatic nitrogens is 1. The summed E-state index contributed by atoms with van der Waals surface area (Å²) in [5, 5.41) is 0. The molecule has 0 atom stereocenters. The molecule has 9 heteroatoms. The molecule has 0 N–H and O–H groups in total. The molecule has 1 aliphatic heterocycles. The Hall–Kier alpha value is -2.55. The highest BCUT2D eigenvalue weighted by Gasteiger charge is 2.29. The standard InChI is InChI=1S/C17H16F2N2O4S/c18-15(19)11-25-16-13(5-3-7-20-16)17(22)21-8-9-26(23,24)14-6-2-1-4-12(14)10-21/h1-7,15H,8-11H2. The van der Waals surface area contributed by atoms with E-state index in [4.69, 9.17) is 4.74 Å². The molecule has 6 nitrogen and oxygen atoms in total. The predicted octanol–water partition coefficient (Wildman–Crippen LogP) is 2.16. The van der Waals surface area contributed by atoms with E-state index in [9.17, 15) is 22.0 Å². The average molecular weight is 382 g/mol. The highest BCUT2D eigenvalue weighted by atomic mass is 32.2. The summed E-state index contributed by atoms with van der Waals surface area (Å²) < 4.78 is 54.5. The summed E-state index contributed by atoms with van der Waals surface area (Å²) in [6.45, 7) is -0.801. The van der Waals surface area contributed by atoms with Crippen LogP contribution in [0.4, 0.5) is 8.78 Å². The van der Waals surface area contributed by atoms with Crippen molar-refractivity contribution in [1.82, 2.24) is 9.88 Å². The van der Waals surface area contributed by atoms with Gasteiger partial charge in [-0.1, -0.05) is 18.2 Å². The molecule has 0 saturated carbocycles. The van der Waals surface area contributed by atoms with Crippen molar-refractivity contribution in [1.29, 1.82) is 0 Å². The third-order valence-corrected chi connectivity index (χ3v) is 5.72. The summed E-state index contributed by atoms with van der Waals surface area (Å²) in [5.41, 5.74) is 0.530. The van der Waals surface area contributed by atoms with Crippen LogP contribution >= 0.6 is 0 Å². The lowest BCUT2D eigenvalue weighted by molar-refractivity contribution is 0.0701. The first-order valence-electron chi connectivity index (χ1n) is 7.84. The molecule has 0 radical (unpaired) electrons. The van der Waals surface area contributed by atoms with Crippen molar-refractivity contribution in [3.05, 3.63) is 53.7 Å². The van der Waals surface area contributed by atoms with E-state index < -0.39 is 28.8 Å². The van der Waals surface area contributed by atoms with Crippen LogP contribution in [0.5, 0.6) is 5.88 Å². The first-order valence-corrected chi connectivity index (χ1v) is 9.49. The molecular weight excluding hydrogens is 366 g/mol. The molecule has 0 fully saturated rings. The molecule has 1 aromatic carbocycles. The molecule has 0 saturated heterocycles. The van der Waals surface area contributed by atoms with E-state index in [0.29, 0.717) is 5.56 Å². The number of carbonyl (C=O) groups is 1. The lowest BCUT2D eigenvalue weighted by atomic mass is 10.2. The van der Waals surface area contributed by atoms with Gasteiger partial charge in [0, 0.05) is 19.3 Å². The largest absolute Gasteiger partial charge is 0.471 e. The van der Waals surface area contributed by atoms with E-state index in [1.54, 1.807) is 18.2 Å². The van der Waals surface area contributed by atoms with Crippen LogP contribution in [0.15, 0.2) is 47.5 Å². The quantitative estimate of drug-likeness (QED) is 0.810. The zero-order valence-electron chi connectivity index (χ0n) is 13.6. The number of benzene rings is 1. The van der Waals surface area contributed by atoms with Crippen LogP contribution < -0.4 is 4.74 Å². The van der Waals surface area contributed by atoms with Crippen LogP contribution in [0, 0.1) is 0 Å². The minimum atomic E-state index is -3.50. The number of hydrogen-bond acceptors (Lipinski definition) is 5. The Bertz CT molecular complexity index is 918. The fraction of sp³-hybridized carbons (Fsp3) is 0.294. The molecule has 1 aliphatic rings. The van der Waals surface area contributed by atoms with Gasteiger partial charge >= 0.3 is 0 Å². The zero-order valence-corrected chi connectivity index (χ0v) is 14.5. The third kappa shape index (κ3) is 3.82. The normalized spacial score (nSPS) is 16.0. The number of carbonyl (C=O) groups excluding carboxylic acids is 1. The maximum atomic E-state index is 12.9. The molecule has 2 aromatic rings. The third-order valence-electron chi connectivity index (χ3n) is 3.93. The number of fused-ring (bicyclic) bond motifs is 1. The number of ether oxygens (including phenoxy) is 1. The van der Waals surface area contributed by atoms with Gasteiger partial charge in [0.15, 0.2) is 16.4 Å². The molecule has 138 valence electrons. The molecule has 2 heterocycles. The Morgan fingerprint density at radius 3 is 2.77 bits per heavy atom. The van der Waals surface area contributed by atoms with Crippen molar-refractivity contribution >= 4 is 15.7 Å². The second kappa shape index (κ2) is 7.36. The van der Waals surface area contributed by atoms with Crippen LogP contribution in [-0.2, 0) is 16.4 Å². The van der Waals surface area contributed by atoms with Crippen LogP contribution in [0.2, 0.25) is 0 Å². The van der Waals surface area contributed by atoms with Gasteiger partial charge in [0.2, 0.25) is 5.88 Å². The van der Waals surface area contributed by atoms with E-state index in [1.807, 2.05) is 0 Å². The number of halogens is 2. The van der Waals surface area contributed by atoms with Crippen LogP contribution in [0.25, 0.3) is 0 Å². The Labute approximate surface area is 149 Å². The fourth-order valence-electron chi connectivity index (χ4n) is 2.72. The maximum Gasteiger partial charge on any atom is 0.272 e. The van der Waals surface area contributed by atoms with E-state index in [-0.39, 0.29) is 35.2 Å². The molecule has 0 bridgehead atoms. The van der Waals surface area contributed by atoms with Gasteiger partial charge in [0.05, 0.1) is 10.6 Å². The van der Waals surface area contributed by atoms with Crippen molar-refractivity contribution in [2.24, 2.45) is 0 Å². The van der Waals surface area contributed by atoms with Crippen molar-refractivity contribution < 1.29 is 26.7 Å². The number of pyridine rings is 1. The van der Waals surface area contributed by atoms with E-state index >= 15 is 0 Å². The van der Waals surface area contributed by atoms with Crippen LogP contribution in [0.1, 0.15) is 15.9 Å². The molecule has 26 heavy (non-hydrogen) atoms. The molecule has 3 rings (SSSR count). The SMILES string of the molecule is O=C(c1cccnc1OCC(F)F)N1CCS(=O)(=O)c2ccccc2C1. The highest BCUT2D eigenvalue weighted by molar-refractivity contribution is 7.91. The van der Waals surface area contributed by atoms with Gasteiger partial charge in [-0.25, -0.2) is 22.2 Å². The van der Waals surface area contributed by atoms with Crippen molar-refractivity contribution in [2.45, 2.75) is 17.9 Å². The van der Waals surface area contributed by atoms with Crippen molar-refractivity contribution in [3.63, 3.8) is 0 Å². The second-order valence-corrected chi connectivity index (χ2v) is 7.79. The monoisotopic (exact) mass is 382 g/mol. The molecular formula is C17H16F2N2O4S. The lowest BCUT2D eigenvalue weighted by Crippen LogP contribution is -2.33. The van der Waals surface area contributed by atoms with Crippen molar-refractivity contribution in [3.8, 4) is 5.88 Å². The molecule has 0 unspecified atom stereocenters. The maximum absolute atomic E-state index is 12.9. The van der Waals surface area contributed by atoms with Gasteiger partial charge in [0.25, 0.3) is 12.3 Å². The Kier molecular flexibility index (Phi) is 5.17. The number of nitrogens with zero attached hydrogens (tertiary/aromatic N) is 2. The van der Waals surface area contributed by atoms with Gasteiger partial charge in [-0.2, -0.15) is 0 Å². The van der Waals surface area contributed by atoms with Crippen LogP contribution in [-0.4, -0.2) is 49.5 Å². The molecule has 0 aliphatic carbocycles. The zero-order chi connectivity index (χ0) is 18.7. The van der Waals surface area contributed by atoms with Gasteiger partial charge in [-0.05, 0) is 23.8 Å². The Morgan fingerprint density at radius 2 is 2.00 bits per heavy atom. The smallest absolute Gasteiger partial charge is 0.272 e. The summed E-state index contributed by atoms with van der Waals surface area (Å²) in [6.07, 6.45) is -1.37. The van der Waals surface area contributed by atoms with E-state index in [1.165, 1.54) is 29.3 Å². The summed E-state index contributed by atoms with van der Waals surface area (Å²) >= 11 is 0. The van der Waals surface area contributed by atoms with Crippen molar-refractivity contribution in [2.75, 3.05) is 18.9 Å². The highest BCUT2D eigenvalue weighted by Crippen LogP contribution is 2.25. The van der Waals surface area contributed by atoms with Gasteiger partial charge in [-0.3, -0.25) is 4.79 Å². The number of alkyl halides is 2. The number of hydrogen-bond donors (Lipinski definition) is 0. The first kappa shape index (κ1) is 18.2. The fourth-order valence-corrected chi connectivity index (χ4v) is 4.22. The second-order valence-electron chi connectivity index (χ2n) is 5.71. The number of rotatable bonds is 4. The molecule has 1 aromatic heterocycles.